The molecule has 0 aliphatic rings. The van der Waals surface area contributed by atoms with Gasteiger partial charge >= 0.3 is 0 Å². The highest BCUT2D eigenvalue weighted by Gasteiger charge is 2.16. The standard InChI is InChI=1S/C15H9F3OS/c16-10-2-4-13-9(5-10)7-14(20-13)15(19)8-1-3-11(17)12(18)6-8/h1-7,15,19H. The second kappa shape index (κ2) is 4.92. The fourth-order valence-electron chi connectivity index (χ4n) is 2.02. The maximum atomic E-state index is 13.2. The molecule has 1 heterocycles. The first kappa shape index (κ1) is 13.1. The molecule has 0 saturated carbocycles. The van der Waals surface area contributed by atoms with E-state index in [0.29, 0.717) is 10.3 Å². The zero-order valence-electron chi connectivity index (χ0n) is 10.1. The molecule has 1 N–H and O–H groups in total. The van der Waals surface area contributed by atoms with Crippen LogP contribution in [0.5, 0.6) is 0 Å². The SMILES string of the molecule is OC(c1ccc(F)c(F)c1)c1cc2cc(F)ccc2s1. The molecule has 102 valence electrons. The Hall–Kier alpha value is -1.85. The van der Waals surface area contributed by atoms with Crippen LogP contribution >= 0.6 is 11.3 Å². The van der Waals surface area contributed by atoms with Crippen LogP contribution in [0.4, 0.5) is 13.2 Å². The zero-order chi connectivity index (χ0) is 14.3. The lowest BCUT2D eigenvalue weighted by atomic mass is 10.1. The Morgan fingerprint density at radius 3 is 2.45 bits per heavy atom. The largest absolute Gasteiger partial charge is 0.383 e. The summed E-state index contributed by atoms with van der Waals surface area (Å²) in [7, 11) is 0. The highest BCUT2D eigenvalue weighted by atomic mass is 32.1. The Morgan fingerprint density at radius 1 is 0.900 bits per heavy atom. The molecule has 5 heteroatoms. The van der Waals surface area contributed by atoms with Gasteiger partial charge in [-0.1, -0.05) is 6.07 Å². The van der Waals surface area contributed by atoms with Crippen molar-refractivity contribution in [1.29, 1.82) is 0 Å². The van der Waals surface area contributed by atoms with E-state index in [1.807, 2.05) is 0 Å². The summed E-state index contributed by atoms with van der Waals surface area (Å²) in [6.07, 6.45) is -1.06. The van der Waals surface area contributed by atoms with Crippen molar-refractivity contribution in [3.8, 4) is 0 Å². The van der Waals surface area contributed by atoms with Gasteiger partial charge in [0.15, 0.2) is 11.6 Å². The highest BCUT2D eigenvalue weighted by molar-refractivity contribution is 7.19. The van der Waals surface area contributed by atoms with Crippen LogP contribution in [0.15, 0.2) is 42.5 Å². The van der Waals surface area contributed by atoms with Gasteiger partial charge in [0.1, 0.15) is 11.9 Å². The number of rotatable bonds is 2. The van der Waals surface area contributed by atoms with Gasteiger partial charge in [-0.25, -0.2) is 13.2 Å². The summed E-state index contributed by atoms with van der Waals surface area (Å²) >= 11 is 1.29. The predicted octanol–water partition coefficient (Wildman–Crippen LogP) is 4.40. The van der Waals surface area contributed by atoms with Crippen LogP contribution in [-0.4, -0.2) is 5.11 Å². The van der Waals surface area contributed by atoms with E-state index in [4.69, 9.17) is 0 Å². The van der Waals surface area contributed by atoms with Crippen LogP contribution in [0, 0.1) is 17.5 Å². The first-order chi connectivity index (χ1) is 9.54. The van der Waals surface area contributed by atoms with Crippen molar-refractivity contribution in [2.75, 3.05) is 0 Å². The number of hydrogen-bond acceptors (Lipinski definition) is 2. The van der Waals surface area contributed by atoms with Gasteiger partial charge in [-0.3, -0.25) is 0 Å². The molecule has 2 aromatic carbocycles. The number of aliphatic hydroxyl groups is 1. The molecule has 0 spiro atoms. The fourth-order valence-corrected chi connectivity index (χ4v) is 3.08. The van der Waals surface area contributed by atoms with Crippen molar-refractivity contribution >= 4 is 21.4 Å². The van der Waals surface area contributed by atoms with E-state index < -0.39 is 17.7 Å². The van der Waals surface area contributed by atoms with Crippen molar-refractivity contribution in [3.05, 3.63) is 70.4 Å². The van der Waals surface area contributed by atoms with Gasteiger partial charge in [0.2, 0.25) is 0 Å². The Balaban J connectivity index is 2.02. The number of benzene rings is 2. The molecule has 3 aromatic rings. The molecule has 1 nitrogen and oxygen atoms in total. The third-order valence-corrected chi connectivity index (χ3v) is 4.19. The minimum atomic E-state index is -1.06. The molecule has 3 rings (SSSR count). The fraction of sp³-hybridized carbons (Fsp3) is 0.0667. The van der Waals surface area contributed by atoms with E-state index in [2.05, 4.69) is 0 Å². The summed E-state index contributed by atoms with van der Waals surface area (Å²) in [4.78, 5) is 0.552. The van der Waals surface area contributed by atoms with E-state index in [9.17, 15) is 18.3 Å². The summed E-state index contributed by atoms with van der Waals surface area (Å²) in [6, 6.07) is 9.24. The minimum absolute atomic E-state index is 0.260. The molecule has 1 unspecified atom stereocenters. The summed E-state index contributed by atoms with van der Waals surface area (Å²) in [5.74, 6) is -2.32. The van der Waals surface area contributed by atoms with Crippen molar-refractivity contribution < 1.29 is 18.3 Å². The van der Waals surface area contributed by atoms with Crippen molar-refractivity contribution in [3.63, 3.8) is 0 Å². The third-order valence-electron chi connectivity index (χ3n) is 3.03. The monoisotopic (exact) mass is 294 g/mol. The molecule has 0 aliphatic heterocycles. The van der Waals surface area contributed by atoms with Gasteiger partial charge in [-0.15, -0.1) is 11.3 Å². The first-order valence-corrected chi connectivity index (χ1v) is 6.68. The van der Waals surface area contributed by atoms with Crippen molar-refractivity contribution in [1.82, 2.24) is 0 Å². The lowest BCUT2D eigenvalue weighted by Gasteiger charge is -2.08. The smallest absolute Gasteiger partial charge is 0.159 e. The molecule has 1 atom stereocenters. The van der Waals surface area contributed by atoms with E-state index in [1.54, 1.807) is 12.1 Å². The molecule has 20 heavy (non-hydrogen) atoms. The zero-order valence-corrected chi connectivity index (χ0v) is 10.9. The second-order valence-electron chi connectivity index (χ2n) is 4.41. The van der Waals surface area contributed by atoms with Crippen LogP contribution in [0.25, 0.3) is 10.1 Å². The van der Waals surface area contributed by atoms with Gasteiger partial charge in [0.05, 0.1) is 0 Å². The van der Waals surface area contributed by atoms with Crippen molar-refractivity contribution in [2.24, 2.45) is 0 Å². The molecule has 0 fully saturated rings. The molecule has 1 aromatic heterocycles. The summed E-state index contributed by atoms with van der Waals surface area (Å²) in [5, 5.41) is 10.9. The maximum Gasteiger partial charge on any atom is 0.159 e. The number of hydrogen-bond donors (Lipinski definition) is 1. The van der Waals surface area contributed by atoms with Crippen LogP contribution in [-0.2, 0) is 0 Å². The maximum absolute atomic E-state index is 13.2. The molecule has 0 amide bonds. The summed E-state index contributed by atoms with van der Waals surface area (Å²) in [5.41, 5.74) is 0.260. The lowest BCUT2D eigenvalue weighted by Crippen LogP contribution is -1.98. The molecule has 0 aliphatic carbocycles. The van der Waals surface area contributed by atoms with Gasteiger partial charge in [0.25, 0.3) is 0 Å². The Morgan fingerprint density at radius 2 is 1.70 bits per heavy atom. The molecule has 0 saturated heterocycles. The van der Waals surface area contributed by atoms with Gasteiger partial charge in [0, 0.05) is 9.58 Å². The van der Waals surface area contributed by atoms with Gasteiger partial charge < -0.3 is 5.11 Å². The van der Waals surface area contributed by atoms with Crippen LogP contribution in [0.1, 0.15) is 16.5 Å². The molecular weight excluding hydrogens is 285 g/mol. The van der Waals surface area contributed by atoms with E-state index in [-0.39, 0.29) is 11.4 Å². The molecular formula is C15H9F3OS. The van der Waals surface area contributed by atoms with Crippen LogP contribution in [0.3, 0.4) is 0 Å². The van der Waals surface area contributed by atoms with Crippen LogP contribution < -0.4 is 0 Å². The summed E-state index contributed by atoms with van der Waals surface area (Å²) < 4.78 is 40.0. The number of fused-ring (bicyclic) bond motifs is 1. The summed E-state index contributed by atoms with van der Waals surface area (Å²) in [6.45, 7) is 0. The van der Waals surface area contributed by atoms with E-state index in [0.717, 1.165) is 16.8 Å². The van der Waals surface area contributed by atoms with Crippen LogP contribution in [0.2, 0.25) is 0 Å². The average Bonchev–Trinajstić information content (AvgIpc) is 2.84. The molecule has 0 bridgehead atoms. The Labute approximate surface area is 116 Å². The minimum Gasteiger partial charge on any atom is -0.383 e. The second-order valence-corrected chi connectivity index (χ2v) is 5.52. The quantitative estimate of drug-likeness (QED) is 0.742. The average molecular weight is 294 g/mol. The predicted molar refractivity (Wildman–Crippen MR) is 72.2 cm³/mol. The lowest BCUT2D eigenvalue weighted by molar-refractivity contribution is 0.223. The van der Waals surface area contributed by atoms with Gasteiger partial charge in [-0.05, 0) is 47.3 Å². The Bertz CT molecular complexity index is 782. The normalized spacial score (nSPS) is 12.8. The number of aliphatic hydroxyl groups excluding tert-OH is 1. The van der Waals surface area contributed by atoms with E-state index >= 15 is 0 Å². The van der Waals surface area contributed by atoms with Gasteiger partial charge in [-0.2, -0.15) is 0 Å². The third kappa shape index (κ3) is 2.30. The highest BCUT2D eigenvalue weighted by Crippen LogP contribution is 2.33. The molecule has 0 radical (unpaired) electrons. The Kier molecular flexibility index (Phi) is 3.23. The number of thiophene rings is 1. The number of halogens is 3. The first-order valence-electron chi connectivity index (χ1n) is 5.86. The van der Waals surface area contributed by atoms with Crippen molar-refractivity contribution in [2.45, 2.75) is 6.10 Å². The van der Waals surface area contributed by atoms with E-state index in [1.165, 1.54) is 29.5 Å². The topological polar surface area (TPSA) is 20.2 Å².